The number of fused-ring (bicyclic) bond motifs is 1. The van der Waals surface area contributed by atoms with E-state index in [4.69, 9.17) is 11.5 Å². The van der Waals surface area contributed by atoms with Gasteiger partial charge >= 0.3 is 5.97 Å². The number of aliphatic hydroxyl groups is 4. The van der Waals surface area contributed by atoms with Gasteiger partial charge in [0.15, 0.2) is 5.96 Å². The molecule has 16 amide bonds. The molecule has 0 radical (unpaired) electrons. The zero-order chi connectivity index (χ0) is 76.8. The Morgan fingerprint density at radius 2 is 0.922 bits per heavy atom. The highest BCUT2D eigenvalue weighted by Gasteiger charge is 2.41. The first-order chi connectivity index (χ1) is 47.9. The number of benzene rings is 1. The largest absolute Gasteiger partial charge is 0.508 e. The number of carbonyl (C=O) groups is 17. The summed E-state index contributed by atoms with van der Waals surface area (Å²) in [5, 5.41) is 94.6. The van der Waals surface area contributed by atoms with Crippen LogP contribution in [0.2, 0.25) is 0 Å². The fourth-order valence-corrected chi connectivity index (χ4v) is 9.78. The SMILES string of the molecule is CC(C)[C@@H]1NC(=O)[C@H](C)NC(=O)[C@H](Cc2ccc(O)cc2)NC(=O)[C@H](C)NC(=O)CNC(=O)[C@H](CO)NC(=O)[C@H](CO)NC(=O)[C@H](C)NC(=O)[C@H](C)NC(=O)[C@@H]2CCCN2C(=O)[C@H](CO)NC(=O)[C@H](CC(=O)O)NC(=O)CNC(=O)[C@H](CCCN=C(N)N)NC(=O)CNC(=O)[C@H]([C@@H](C)O)NC1=O. The minimum Gasteiger partial charge on any atom is -0.508 e. The molecule has 42 heteroatoms. The Morgan fingerprint density at radius 3 is 1.45 bits per heavy atom. The van der Waals surface area contributed by atoms with E-state index in [9.17, 15) is 112 Å². The summed E-state index contributed by atoms with van der Waals surface area (Å²) < 4.78 is 0. The van der Waals surface area contributed by atoms with E-state index in [1.807, 2.05) is 0 Å². The number of phenolic OH excluding ortho intramolecular Hbond substituents is 1. The predicted octanol–water partition coefficient (Wildman–Crippen LogP) is -12.3. The second-order valence-corrected chi connectivity index (χ2v) is 24.2. The molecule has 0 spiro atoms. The van der Waals surface area contributed by atoms with E-state index >= 15 is 0 Å². The van der Waals surface area contributed by atoms with Gasteiger partial charge < -0.3 is 127 Å². The highest BCUT2D eigenvalue weighted by Crippen LogP contribution is 2.20. The van der Waals surface area contributed by atoms with Gasteiger partial charge in [0.2, 0.25) is 94.5 Å². The average Bonchev–Trinajstić information content (AvgIpc) is 1.62. The van der Waals surface area contributed by atoms with Gasteiger partial charge in [-0.25, -0.2) is 0 Å². The first-order valence-electron chi connectivity index (χ1n) is 32.2. The van der Waals surface area contributed by atoms with Crippen LogP contribution in [0, 0.1) is 5.92 Å². The average molecular weight is 1450 g/mol. The number of rotatable bonds is 13. The van der Waals surface area contributed by atoms with Crippen LogP contribution in [-0.2, 0) is 87.9 Å². The Bertz CT molecular complexity index is 3240. The molecule has 14 atom stereocenters. The summed E-state index contributed by atoms with van der Waals surface area (Å²) in [6.07, 6.45) is -3.15. The number of hydrogen-bond donors (Lipinski definition) is 23. The topological polar surface area (TPSA) is 660 Å². The molecule has 0 unspecified atom stereocenters. The van der Waals surface area contributed by atoms with Crippen molar-refractivity contribution in [3.05, 3.63) is 29.8 Å². The van der Waals surface area contributed by atoms with Gasteiger partial charge in [0.25, 0.3) is 0 Å². The lowest BCUT2D eigenvalue weighted by Gasteiger charge is -2.29. The normalized spacial score (nSPS) is 27.1. The third-order valence-corrected chi connectivity index (χ3v) is 15.5. The van der Waals surface area contributed by atoms with E-state index in [2.05, 4.69) is 84.7 Å². The number of aliphatic hydroxyl groups excluding tert-OH is 4. The van der Waals surface area contributed by atoms with Gasteiger partial charge in [0.05, 0.1) is 52.0 Å². The Labute approximate surface area is 583 Å². The minimum atomic E-state index is -1.99. The Morgan fingerprint density at radius 1 is 0.500 bits per heavy atom. The maximum Gasteiger partial charge on any atom is 0.305 e. The van der Waals surface area contributed by atoms with Gasteiger partial charge in [-0.05, 0) is 83.9 Å². The van der Waals surface area contributed by atoms with Crippen molar-refractivity contribution in [1.82, 2.24) is 84.7 Å². The number of carboxylic acids is 1. The maximum atomic E-state index is 14.0. The van der Waals surface area contributed by atoms with Crippen LogP contribution in [0.25, 0.3) is 0 Å². The van der Waals surface area contributed by atoms with Gasteiger partial charge in [-0.1, -0.05) is 26.0 Å². The molecule has 2 aliphatic heterocycles. The number of aliphatic imine (C=N–C) groups is 1. The summed E-state index contributed by atoms with van der Waals surface area (Å²) >= 11 is 0. The molecule has 102 heavy (non-hydrogen) atoms. The van der Waals surface area contributed by atoms with Gasteiger partial charge in [0, 0.05) is 19.5 Å². The predicted molar refractivity (Wildman–Crippen MR) is 351 cm³/mol. The number of phenols is 1. The number of aromatic hydroxyl groups is 1. The first kappa shape index (κ1) is 85.3. The zero-order valence-electron chi connectivity index (χ0n) is 57.0. The molecule has 42 nitrogen and oxygen atoms in total. The molecule has 0 aromatic heterocycles. The van der Waals surface area contributed by atoms with E-state index < -0.39 is 237 Å². The molecule has 0 aliphatic carbocycles. The molecule has 0 bridgehead atoms. The third-order valence-electron chi connectivity index (χ3n) is 15.5. The molecule has 25 N–H and O–H groups in total. The minimum absolute atomic E-state index is 0.00700. The standard InChI is InChI=1S/C60H93N19O23/c1-26(2)45-58(101)78-46(31(7)83)57(100)66-22-42(86)71-34(10-8-16-63-60(61)62)51(94)64-21-43(87)72-36(19-44(88)89)54(97)76-39(25-82)59(102)79-17-9-11-40(79)56(99)70-28(4)47(90)68-29(5)49(92)74-38(24-81)55(98)75-37(23-80)52(95)65-20-41(85)67-27(3)48(91)73-35(18-32-12-14-33(84)15-13-32)53(96)69-30(6)50(93)77-45/h12-15,26-31,34-40,45-46,80-84H,8-11,16-25H2,1-7H3,(H,64,94)(H,65,95)(H,66,100)(H,67,85)(H,68,90)(H,69,96)(H,70,99)(H,71,86)(H,72,87)(H,73,91)(H,74,92)(H,75,98)(H,76,97)(H,77,93)(H,78,101)(H,88,89)(H4,61,62,63)/t27-,28-,29-,30-,31+,34-,35-,36-,37-,38-,39-,40-,45-,46-/m0/s1. The summed E-state index contributed by atoms with van der Waals surface area (Å²) in [6.45, 7) is 2.46. The third kappa shape index (κ3) is 28.0. The molecular formula is C60H93N19O23. The quantitative estimate of drug-likeness (QED) is 0.0495. The van der Waals surface area contributed by atoms with Crippen LogP contribution in [0.3, 0.4) is 0 Å². The van der Waals surface area contributed by atoms with Crippen LogP contribution in [0.5, 0.6) is 5.75 Å². The van der Waals surface area contributed by atoms with Gasteiger partial charge in [0.1, 0.15) is 84.3 Å². The lowest BCUT2D eigenvalue weighted by atomic mass is 10.0. The fourth-order valence-electron chi connectivity index (χ4n) is 9.78. The highest BCUT2D eigenvalue weighted by molar-refractivity contribution is 6.01. The number of nitrogens with one attached hydrogen (secondary N) is 15. The van der Waals surface area contributed by atoms with Gasteiger partial charge in [-0.15, -0.1) is 0 Å². The molecule has 1 aromatic carbocycles. The van der Waals surface area contributed by atoms with Crippen LogP contribution in [-0.4, -0.2) is 279 Å². The van der Waals surface area contributed by atoms with Crippen LogP contribution in [0.15, 0.2) is 29.3 Å². The van der Waals surface area contributed by atoms with Crippen LogP contribution < -0.4 is 91.2 Å². The number of carbonyl (C=O) groups excluding carboxylic acids is 16. The van der Waals surface area contributed by atoms with E-state index in [1.165, 1.54) is 58.9 Å². The highest BCUT2D eigenvalue weighted by atomic mass is 16.4. The molecule has 2 heterocycles. The Hall–Kier alpha value is -10.9. The molecule has 566 valence electrons. The number of hydrogen-bond acceptors (Lipinski definition) is 23. The van der Waals surface area contributed by atoms with Crippen molar-refractivity contribution >= 4 is 106 Å². The number of aliphatic carboxylic acids is 1. The first-order valence-corrected chi connectivity index (χ1v) is 32.2. The number of guanidine groups is 1. The second-order valence-electron chi connectivity index (χ2n) is 24.2. The summed E-state index contributed by atoms with van der Waals surface area (Å²) in [4.78, 5) is 233. The molecule has 2 fully saturated rings. The number of amides is 16. The fraction of sp³-hybridized carbons (Fsp3) is 0.600. The van der Waals surface area contributed by atoms with E-state index in [1.54, 1.807) is 0 Å². The van der Waals surface area contributed by atoms with Gasteiger partial charge in [-0.2, -0.15) is 0 Å². The molecule has 0 saturated carbocycles. The van der Waals surface area contributed by atoms with Crippen LogP contribution in [0.1, 0.15) is 86.1 Å². The number of carboxylic acid groups (broad SMARTS) is 1. The van der Waals surface area contributed by atoms with Crippen molar-refractivity contribution in [2.75, 3.05) is 52.5 Å². The zero-order valence-corrected chi connectivity index (χ0v) is 57.0. The molecule has 2 aliphatic rings. The maximum absolute atomic E-state index is 14.0. The van der Waals surface area contributed by atoms with Crippen molar-refractivity contribution in [1.29, 1.82) is 0 Å². The summed E-state index contributed by atoms with van der Waals surface area (Å²) in [5.74, 6) is -20.2. The monoisotopic (exact) mass is 1450 g/mol. The smallest absolute Gasteiger partial charge is 0.305 e. The Kier molecular flexibility index (Phi) is 34.8. The van der Waals surface area contributed by atoms with E-state index in [-0.39, 0.29) is 56.9 Å². The second kappa shape index (κ2) is 41.6. The number of nitrogens with zero attached hydrogens (tertiary/aromatic N) is 2. The summed E-state index contributed by atoms with van der Waals surface area (Å²) in [6, 6.07) is -15.7. The lowest BCUT2D eigenvalue weighted by Crippen LogP contribution is -2.61. The molecular weight excluding hydrogens is 1350 g/mol. The van der Waals surface area contributed by atoms with Crippen molar-refractivity contribution in [3.63, 3.8) is 0 Å². The van der Waals surface area contributed by atoms with Gasteiger partial charge in [-0.3, -0.25) is 86.5 Å². The van der Waals surface area contributed by atoms with Crippen LogP contribution in [0.4, 0.5) is 0 Å². The van der Waals surface area contributed by atoms with E-state index in [0.29, 0.717) is 5.56 Å². The lowest BCUT2D eigenvalue weighted by molar-refractivity contribution is -0.144. The van der Waals surface area contributed by atoms with Crippen molar-refractivity contribution in [3.8, 4) is 5.75 Å². The molecule has 1 aromatic rings. The molecule has 3 rings (SSSR count). The summed E-state index contributed by atoms with van der Waals surface area (Å²) in [7, 11) is 0. The van der Waals surface area contributed by atoms with Crippen LogP contribution >= 0.6 is 0 Å². The van der Waals surface area contributed by atoms with E-state index in [0.717, 1.165) is 18.7 Å². The van der Waals surface area contributed by atoms with Crippen molar-refractivity contribution in [2.24, 2.45) is 22.4 Å². The summed E-state index contributed by atoms with van der Waals surface area (Å²) in [5.41, 5.74) is 11.2. The molecule has 2 saturated heterocycles. The Balaban J connectivity index is 1.97. The van der Waals surface area contributed by atoms with Crippen molar-refractivity contribution in [2.45, 2.75) is 172 Å². The number of nitrogens with two attached hydrogens (primary N) is 2. The van der Waals surface area contributed by atoms with Crippen molar-refractivity contribution < 1.29 is 112 Å².